The zero-order valence-corrected chi connectivity index (χ0v) is 74.1. The van der Waals surface area contributed by atoms with E-state index in [0.717, 1.165) is 28.7 Å². The van der Waals surface area contributed by atoms with Crippen LogP contribution in [-0.4, -0.2) is 268 Å². The third-order valence-electron chi connectivity index (χ3n) is 23.6. The van der Waals surface area contributed by atoms with Gasteiger partial charge in [0, 0.05) is 58.4 Å². The minimum Gasteiger partial charge on any atom is -0.368 e. The van der Waals surface area contributed by atoms with Gasteiger partial charge in [-0.2, -0.15) is 0 Å². The molecule has 29 nitrogen and oxygen atoms in total. The maximum Gasteiger partial charge on any atom is 0.243 e. The Morgan fingerprint density at radius 3 is 0.896 bits per heavy atom. The SMILES string of the molecule is C[C@H](c1ccccc1)N(CC(N)=O)C(=O)CN(C(=O)CN(CCC[NH3+])CC(=O)C1CCCN1C(=O)CN(C(=O)CN(CCC[NH3+])C(=O)CN(C(=O)CN(C(=O)CN(CCC[NH3+])C(=O)CN(C(=O)CN(C(=O)CNCCC[NH3+])[C@@H](C)c1ccccc1)[C@H](C)c1ccccc1)[C@@H](C)c1ccccc1)[C@H](C)c1ccccc1)[C@@H](C)c1ccccc1)[C@@H](C)c1ccccc1. The highest BCUT2D eigenvalue weighted by atomic mass is 16.2. The number of nitrogens with zero attached hydrogens (tertiary/aromatic N) is 11. The Hall–Kier alpha value is -11.9. The predicted octanol–water partition coefficient (Wildman–Crippen LogP) is 4.24. The van der Waals surface area contributed by atoms with Gasteiger partial charge in [0.2, 0.25) is 65.0 Å². The first kappa shape index (κ1) is 98.6. The number of amides is 11. The molecule has 0 aliphatic carbocycles. The first-order chi connectivity index (χ1) is 60.2. The van der Waals surface area contributed by atoms with Crippen molar-refractivity contribution in [3.05, 3.63) is 251 Å². The minimum atomic E-state index is -0.945. The van der Waals surface area contributed by atoms with Gasteiger partial charge in [0.15, 0.2) is 5.78 Å². The zero-order chi connectivity index (χ0) is 90.5. The number of Topliss-reactive ketones (excluding diaryl/α,β-unsaturated/α-hetero) is 1. The maximum absolute atomic E-state index is 15.9. The van der Waals surface area contributed by atoms with E-state index in [1.165, 1.54) is 49.0 Å². The smallest absolute Gasteiger partial charge is 0.243 e. The molecule has 1 aliphatic heterocycles. The summed E-state index contributed by atoms with van der Waals surface area (Å²) in [5, 5.41) is 3.19. The summed E-state index contributed by atoms with van der Waals surface area (Å²) in [5.74, 6) is -6.43. The number of benzene rings is 7. The van der Waals surface area contributed by atoms with Crippen LogP contribution < -0.4 is 34.0 Å². The summed E-state index contributed by atoms with van der Waals surface area (Å²) < 4.78 is 0. The van der Waals surface area contributed by atoms with Crippen LogP contribution in [0.3, 0.4) is 0 Å². The van der Waals surface area contributed by atoms with Gasteiger partial charge in [0.25, 0.3) is 0 Å². The Morgan fingerprint density at radius 2 is 0.592 bits per heavy atom. The van der Waals surface area contributed by atoms with Crippen molar-refractivity contribution in [3.8, 4) is 0 Å². The number of nitrogens with two attached hydrogens (primary N) is 1. The summed E-state index contributed by atoms with van der Waals surface area (Å²) in [5.41, 5.74) is 26.9. The van der Waals surface area contributed by atoms with Gasteiger partial charge in [-0.1, -0.05) is 212 Å². The maximum atomic E-state index is 15.9. The lowest BCUT2D eigenvalue weighted by molar-refractivity contribution is -0.368. The van der Waals surface area contributed by atoms with E-state index >= 15 is 43.2 Å². The Bertz CT molecular complexity index is 4590. The molecular weight excluding hydrogens is 1580 g/mol. The fraction of sp³-hybridized carbons (Fsp3) is 0.438. The van der Waals surface area contributed by atoms with Crippen molar-refractivity contribution in [1.82, 2.24) is 59.2 Å². The third-order valence-corrected chi connectivity index (χ3v) is 23.6. The highest BCUT2D eigenvalue weighted by molar-refractivity contribution is 5.96. The van der Waals surface area contributed by atoms with Crippen LogP contribution in [-0.2, 0) is 57.5 Å². The molecule has 15 N–H and O–H groups in total. The molecule has 670 valence electrons. The molecule has 0 spiro atoms. The van der Waals surface area contributed by atoms with Crippen LogP contribution in [0, 0.1) is 0 Å². The topological polar surface area (TPSA) is 389 Å². The van der Waals surface area contributed by atoms with E-state index in [2.05, 4.69) is 28.3 Å². The van der Waals surface area contributed by atoms with Gasteiger partial charge in [-0.3, -0.25) is 62.4 Å². The summed E-state index contributed by atoms with van der Waals surface area (Å²) in [6.45, 7) is 10.6. The number of nitrogens with one attached hydrogen (secondary N) is 1. The highest BCUT2D eigenvalue weighted by Gasteiger charge is 2.41. The third kappa shape index (κ3) is 29.1. The fourth-order valence-electron chi connectivity index (χ4n) is 15.9. The average Bonchev–Trinajstić information content (AvgIpc) is 1.81. The van der Waals surface area contributed by atoms with Gasteiger partial charge in [0.05, 0.1) is 114 Å². The van der Waals surface area contributed by atoms with E-state index in [1.54, 1.807) is 32.6 Å². The van der Waals surface area contributed by atoms with E-state index < -0.39 is 160 Å². The van der Waals surface area contributed by atoms with E-state index in [1.807, 2.05) is 233 Å². The van der Waals surface area contributed by atoms with E-state index in [0.29, 0.717) is 81.5 Å². The van der Waals surface area contributed by atoms with Crippen molar-refractivity contribution in [2.45, 2.75) is 135 Å². The van der Waals surface area contributed by atoms with E-state index in [4.69, 9.17) is 5.73 Å². The molecule has 0 radical (unpaired) electrons. The number of carbonyl (C=O) groups is 12. The number of hydrogen-bond donors (Lipinski definition) is 6. The molecule has 7 aromatic rings. The van der Waals surface area contributed by atoms with Gasteiger partial charge in [-0.25, -0.2) is 0 Å². The zero-order valence-electron chi connectivity index (χ0n) is 74.1. The summed E-state index contributed by atoms with van der Waals surface area (Å²) in [7, 11) is 0. The van der Waals surface area contributed by atoms with E-state index in [-0.39, 0.29) is 64.0 Å². The summed E-state index contributed by atoms with van der Waals surface area (Å²) in [6.07, 6.45) is 2.72. The highest BCUT2D eigenvalue weighted by Crippen LogP contribution is 2.31. The molecule has 0 bridgehead atoms. The Kier molecular flexibility index (Phi) is 40.1. The monoisotopic (exact) mass is 1720 g/mol. The lowest BCUT2D eigenvalue weighted by Gasteiger charge is -2.37. The van der Waals surface area contributed by atoms with Crippen molar-refractivity contribution in [3.63, 3.8) is 0 Å². The Morgan fingerprint density at radius 1 is 0.328 bits per heavy atom. The molecular formula is C96H133N17O12+4. The number of hydrogen-bond acceptors (Lipinski definition) is 14. The number of ketones is 1. The van der Waals surface area contributed by atoms with Crippen LogP contribution in [0.5, 0.6) is 0 Å². The molecule has 8 atom stereocenters. The molecule has 1 heterocycles. The van der Waals surface area contributed by atoms with Gasteiger partial charge in [-0.15, -0.1) is 0 Å². The second-order valence-electron chi connectivity index (χ2n) is 32.3. The normalized spacial score (nSPS) is 14.1. The van der Waals surface area contributed by atoms with Crippen LogP contribution in [0.1, 0.15) is 168 Å². The predicted molar refractivity (Wildman–Crippen MR) is 477 cm³/mol. The largest absolute Gasteiger partial charge is 0.368 e. The first-order valence-corrected chi connectivity index (χ1v) is 43.9. The molecule has 11 amide bonds. The van der Waals surface area contributed by atoms with Crippen LogP contribution in [0.15, 0.2) is 212 Å². The van der Waals surface area contributed by atoms with Crippen LogP contribution in [0.25, 0.3) is 0 Å². The number of rotatable bonds is 51. The number of primary amides is 1. The molecule has 1 fully saturated rings. The average molecular weight is 1720 g/mol. The summed E-state index contributed by atoms with van der Waals surface area (Å²) in [4.78, 5) is 196. The standard InChI is InChI=1S/C96H129N17O12/c1-70(77-34-15-8-16-35-77)107(60-86(101)115)94(123)68-111(74(5)81-42-23-12-24-43-81)90(119)61-103(54-31-50-98)59-85(114)84-48-29-57-106(84)93(122)66-112(75(6)82-44-25-13-26-45-82)91(120)62-104(55-32-51-99)89(118)65-110(73(4)80-40-21-11-22-41-80)96(125)69-113(76(7)83-46-27-14-28-47-83)92(121)63-105(56-33-52-100)88(117)64-109(72(3)79-38-19-10-20-39-79)95(124)67-108(87(116)58-102-53-30-49-97)71(2)78-36-17-9-18-37-78/h8-28,34-47,70-76,84,102H,29-33,48-69,97-100H2,1-7H3,(H2,101,115)/p+4/t70-,71+,72-,73-,74+,75+,76+,84?/m1/s1. The minimum absolute atomic E-state index is 0.0194. The van der Waals surface area contributed by atoms with Crippen LogP contribution in [0.2, 0.25) is 0 Å². The molecule has 1 saturated heterocycles. The second kappa shape index (κ2) is 50.8. The number of likely N-dealkylation sites (tertiary alicyclic amines) is 1. The lowest BCUT2D eigenvalue weighted by atomic mass is 10.0. The molecule has 8 rings (SSSR count). The first-order valence-electron chi connectivity index (χ1n) is 43.9. The van der Waals surface area contributed by atoms with Gasteiger partial charge < -0.3 is 83.0 Å². The Balaban J connectivity index is 1.04. The summed E-state index contributed by atoms with van der Waals surface area (Å²) in [6, 6.07) is 58.6. The van der Waals surface area contributed by atoms with E-state index in [9.17, 15) is 14.4 Å². The van der Waals surface area contributed by atoms with Gasteiger partial charge in [0.1, 0.15) is 39.3 Å². The molecule has 125 heavy (non-hydrogen) atoms. The van der Waals surface area contributed by atoms with Gasteiger partial charge >= 0.3 is 0 Å². The molecule has 0 saturated carbocycles. The van der Waals surface area contributed by atoms with Crippen molar-refractivity contribution >= 4 is 70.8 Å². The molecule has 1 unspecified atom stereocenters. The van der Waals surface area contributed by atoms with Crippen molar-refractivity contribution in [2.75, 3.05) is 137 Å². The fourth-order valence-corrected chi connectivity index (χ4v) is 15.9. The number of carbonyl (C=O) groups excluding carboxylic acids is 12. The Labute approximate surface area is 736 Å². The van der Waals surface area contributed by atoms with Gasteiger partial charge in [-0.05, 0) is 100 Å². The number of quaternary nitrogens is 4. The lowest BCUT2D eigenvalue weighted by Crippen LogP contribution is -2.55. The van der Waals surface area contributed by atoms with Crippen molar-refractivity contribution in [2.24, 2.45) is 5.73 Å². The molecule has 7 aromatic carbocycles. The van der Waals surface area contributed by atoms with Crippen molar-refractivity contribution in [1.29, 1.82) is 0 Å². The molecule has 29 heteroatoms. The molecule has 1 aliphatic rings. The quantitative estimate of drug-likeness (QED) is 0.0291. The van der Waals surface area contributed by atoms with Crippen molar-refractivity contribution < 1.29 is 80.5 Å². The second-order valence-corrected chi connectivity index (χ2v) is 32.3. The van der Waals surface area contributed by atoms with Crippen LogP contribution >= 0.6 is 0 Å². The van der Waals surface area contributed by atoms with Crippen LogP contribution in [0.4, 0.5) is 0 Å². The molecule has 0 aromatic heterocycles. The summed E-state index contributed by atoms with van der Waals surface area (Å²) >= 11 is 0.